The zero-order chi connectivity index (χ0) is 22.5. The predicted octanol–water partition coefficient (Wildman–Crippen LogP) is 3.34. The van der Waals surface area contributed by atoms with Gasteiger partial charge in [0.2, 0.25) is 0 Å². The lowest BCUT2D eigenvalue weighted by atomic mass is 10.2. The molecule has 166 valence electrons. The number of ether oxygens (including phenoxy) is 3. The van der Waals surface area contributed by atoms with Crippen LogP contribution >= 0.6 is 24.0 Å². The maximum Gasteiger partial charge on any atom is 0.270 e. The Bertz CT molecular complexity index is 1050. The Morgan fingerprint density at radius 3 is 2.59 bits per heavy atom. The topological polar surface area (TPSA) is 68.3 Å². The summed E-state index contributed by atoms with van der Waals surface area (Å²) < 4.78 is 16.7. The summed E-state index contributed by atoms with van der Waals surface area (Å²) in [5.41, 5.74) is 1.45. The first kappa shape index (κ1) is 22.3. The van der Waals surface area contributed by atoms with Crippen LogP contribution in [-0.2, 0) is 14.3 Å². The van der Waals surface area contributed by atoms with Crippen molar-refractivity contribution in [2.45, 2.75) is 0 Å². The molecule has 0 aromatic heterocycles. The van der Waals surface area contributed by atoms with Crippen molar-refractivity contribution in [3.63, 3.8) is 0 Å². The molecule has 0 N–H and O–H groups in total. The van der Waals surface area contributed by atoms with Gasteiger partial charge in [0.25, 0.3) is 11.8 Å². The molecule has 2 heterocycles. The van der Waals surface area contributed by atoms with Crippen molar-refractivity contribution in [2.75, 3.05) is 44.9 Å². The number of carbonyl (C=O) groups excluding carboxylic acids is 2. The third-order valence-corrected chi connectivity index (χ3v) is 6.33. The largest absolute Gasteiger partial charge is 0.495 e. The van der Waals surface area contributed by atoms with Gasteiger partial charge in [0, 0.05) is 13.1 Å². The predicted molar refractivity (Wildman–Crippen MR) is 128 cm³/mol. The molecule has 2 aliphatic rings. The molecule has 9 heteroatoms. The zero-order valence-electron chi connectivity index (χ0n) is 17.5. The third kappa shape index (κ3) is 4.95. The summed E-state index contributed by atoms with van der Waals surface area (Å²) in [6.45, 7) is 2.28. The standard InChI is InChI=1S/C23H22N2O5S2/c1-28-19-5-3-2-4-18(19)25-22(27)20(32-23(25)31)14-16-6-8-17(9-7-16)30-15-21(26)24-10-12-29-13-11-24/h2-9,14H,10-13,15H2,1H3/b20-14+. The molecule has 2 aliphatic heterocycles. The molecule has 0 radical (unpaired) electrons. The van der Waals surface area contributed by atoms with Crippen LogP contribution in [0, 0.1) is 0 Å². The number of carbonyl (C=O) groups is 2. The van der Waals surface area contributed by atoms with Crippen molar-refractivity contribution in [2.24, 2.45) is 0 Å². The van der Waals surface area contributed by atoms with Gasteiger partial charge in [0.15, 0.2) is 10.9 Å². The highest BCUT2D eigenvalue weighted by molar-refractivity contribution is 8.27. The molecular weight excluding hydrogens is 448 g/mol. The van der Waals surface area contributed by atoms with Gasteiger partial charge in [-0.2, -0.15) is 0 Å². The zero-order valence-corrected chi connectivity index (χ0v) is 19.1. The lowest BCUT2D eigenvalue weighted by Gasteiger charge is -2.26. The lowest BCUT2D eigenvalue weighted by molar-refractivity contribution is -0.137. The number of anilines is 1. The van der Waals surface area contributed by atoms with E-state index in [1.165, 1.54) is 16.7 Å². The van der Waals surface area contributed by atoms with E-state index in [1.807, 2.05) is 24.3 Å². The smallest absolute Gasteiger partial charge is 0.270 e. The van der Waals surface area contributed by atoms with Crippen molar-refractivity contribution < 1.29 is 23.8 Å². The fourth-order valence-electron chi connectivity index (χ4n) is 3.35. The molecule has 32 heavy (non-hydrogen) atoms. The Morgan fingerprint density at radius 2 is 1.88 bits per heavy atom. The number of methoxy groups -OCH3 is 1. The number of morpholine rings is 1. The highest BCUT2D eigenvalue weighted by Gasteiger charge is 2.34. The maximum absolute atomic E-state index is 13.0. The molecule has 0 spiro atoms. The van der Waals surface area contributed by atoms with Crippen LogP contribution in [0.25, 0.3) is 6.08 Å². The van der Waals surface area contributed by atoms with Crippen LogP contribution in [0.5, 0.6) is 11.5 Å². The second kappa shape index (κ2) is 10.2. The van der Waals surface area contributed by atoms with Gasteiger partial charge in [-0.1, -0.05) is 48.2 Å². The molecule has 0 bridgehead atoms. The monoisotopic (exact) mass is 470 g/mol. The van der Waals surface area contributed by atoms with Gasteiger partial charge in [-0.15, -0.1) is 0 Å². The number of para-hydroxylation sites is 2. The maximum atomic E-state index is 13.0. The van der Waals surface area contributed by atoms with Crippen molar-refractivity contribution in [1.82, 2.24) is 4.90 Å². The van der Waals surface area contributed by atoms with E-state index in [4.69, 9.17) is 26.4 Å². The number of benzene rings is 2. The average molecular weight is 471 g/mol. The van der Waals surface area contributed by atoms with E-state index in [9.17, 15) is 9.59 Å². The number of nitrogens with zero attached hydrogens (tertiary/aromatic N) is 2. The quantitative estimate of drug-likeness (QED) is 0.474. The van der Waals surface area contributed by atoms with E-state index in [1.54, 1.807) is 42.4 Å². The van der Waals surface area contributed by atoms with E-state index in [2.05, 4.69) is 0 Å². The van der Waals surface area contributed by atoms with Gasteiger partial charge in [-0.25, -0.2) is 0 Å². The summed E-state index contributed by atoms with van der Waals surface area (Å²) in [6, 6.07) is 14.5. The van der Waals surface area contributed by atoms with Crippen LogP contribution in [0.2, 0.25) is 0 Å². The first-order valence-corrected chi connectivity index (χ1v) is 11.3. The third-order valence-electron chi connectivity index (χ3n) is 5.02. The Kier molecular flexibility index (Phi) is 7.09. The highest BCUT2D eigenvalue weighted by Crippen LogP contribution is 2.39. The summed E-state index contributed by atoms with van der Waals surface area (Å²) in [6.07, 6.45) is 1.79. The van der Waals surface area contributed by atoms with Crippen LogP contribution in [0.1, 0.15) is 5.56 Å². The van der Waals surface area contributed by atoms with Crippen LogP contribution < -0.4 is 14.4 Å². The van der Waals surface area contributed by atoms with E-state index in [-0.39, 0.29) is 18.4 Å². The SMILES string of the molecule is COc1ccccc1N1C(=O)/C(=C\c2ccc(OCC(=O)N3CCOCC3)cc2)SC1=S. The molecule has 0 saturated carbocycles. The first-order valence-electron chi connectivity index (χ1n) is 10.1. The highest BCUT2D eigenvalue weighted by atomic mass is 32.2. The van der Waals surface area contributed by atoms with Gasteiger partial charge >= 0.3 is 0 Å². The number of hydrogen-bond acceptors (Lipinski definition) is 7. The molecule has 4 rings (SSSR count). The molecule has 0 unspecified atom stereocenters. The minimum absolute atomic E-state index is 0.0170. The number of thioether (sulfide) groups is 1. The average Bonchev–Trinajstić information content (AvgIpc) is 3.11. The molecule has 2 aromatic rings. The first-order chi connectivity index (χ1) is 15.6. The van der Waals surface area contributed by atoms with E-state index in [0.717, 1.165) is 5.56 Å². The van der Waals surface area contributed by atoms with Gasteiger partial charge in [0.05, 0.1) is 30.9 Å². The van der Waals surface area contributed by atoms with E-state index >= 15 is 0 Å². The second-order valence-electron chi connectivity index (χ2n) is 7.04. The Hall–Kier alpha value is -2.88. The Morgan fingerprint density at radius 1 is 1.16 bits per heavy atom. The van der Waals surface area contributed by atoms with Crippen molar-refractivity contribution in [1.29, 1.82) is 0 Å². The molecule has 0 aliphatic carbocycles. The molecule has 0 atom stereocenters. The molecule has 2 aromatic carbocycles. The molecule has 2 saturated heterocycles. The molecule has 2 amide bonds. The van der Waals surface area contributed by atoms with E-state index < -0.39 is 0 Å². The van der Waals surface area contributed by atoms with Crippen LogP contribution in [0.4, 0.5) is 5.69 Å². The summed E-state index contributed by atoms with van der Waals surface area (Å²) in [7, 11) is 1.56. The normalized spacial score (nSPS) is 17.7. The summed E-state index contributed by atoms with van der Waals surface area (Å²) in [4.78, 5) is 28.9. The van der Waals surface area contributed by atoms with Gasteiger partial charge in [-0.3, -0.25) is 14.5 Å². The summed E-state index contributed by atoms with van der Waals surface area (Å²) in [5, 5.41) is 0. The Labute approximate surface area is 195 Å². The minimum Gasteiger partial charge on any atom is -0.495 e. The number of rotatable bonds is 6. The number of hydrogen-bond donors (Lipinski definition) is 0. The molecular formula is C23H22N2O5S2. The Balaban J connectivity index is 1.41. The van der Waals surface area contributed by atoms with Crippen LogP contribution in [-0.4, -0.2) is 61.1 Å². The minimum atomic E-state index is -0.194. The second-order valence-corrected chi connectivity index (χ2v) is 8.72. The lowest BCUT2D eigenvalue weighted by Crippen LogP contribution is -2.42. The van der Waals surface area contributed by atoms with Crippen LogP contribution in [0.3, 0.4) is 0 Å². The molecule has 2 fully saturated rings. The fourth-order valence-corrected chi connectivity index (χ4v) is 4.64. The van der Waals surface area contributed by atoms with Crippen LogP contribution in [0.15, 0.2) is 53.4 Å². The number of thiocarbonyl (C=S) groups is 1. The molecule has 7 nitrogen and oxygen atoms in total. The fraction of sp³-hybridized carbons (Fsp3) is 0.261. The number of amides is 2. The van der Waals surface area contributed by atoms with Gasteiger partial charge < -0.3 is 19.1 Å². The van der Waals surface area contributed by atoms with Gasteiger partial charge in [0.1, 0.15) is 11.5 Å². The van der Waals surface area contributed by atoms with Crippen molar-refractivity contribution >= 4 is 51.9 Å². The van der Waals surface area contributed by atoms with Gasteiger partial charge in [-0.05, 0) is 35.9 Å². The van der Waals surface area contributed by atoms with Crippen molar-refractivity contribution in [3.05, 3.63) is 59.0 Å². The van der Waals surface area contributed by atoms with E-state index in [0.29, 0.717) is 52.7 Å². The summed E-state index contributed by atoms with van der Waals surface area (Å²) in [5.74, 6) is 0.918. The summed E-state index contributed by atoms with van der Waals surface area (Å²) >= 11 is 6.69. The van der Waals surface area contributed by atoms with Crippen molar-refractivity contribution in [3.8, 4) is 11.5 Å².